The summed E-state index contributed by atoms with van der Waals surface area (Å²) in [5, 5.41) is 28.9. The summed E-state index contributed by atoms with van der Waals surface area (Å²) in [4.78, 5) is 30.8. The fraction of sp³-hybridized carbons (Fsp3) is 0.515. The highest BCUT2D eigenvalue weighted by molar-refractivity contribution is 6.07. The highest BCUT2D eigenvalue weighted by Crippen LogP contribution is 2.58. The molecule has 3 aliphatic heterocycles. The number of amides is 2. The lowest BCUT2D eigenvalue weighted by molar-refractivity contribution is -0.146. The summed E-state index contributed by atoms with van der Waals surface area (Å²) in [6.45, 7) is 7.14. The molecule has 0 unspecified atom stereocenters. The first-order chi connectivity index (χ1) is 20.6. The smallest absolute Gasteiger partial charge is 0.264 e. The molecule has 6 rings (SSSR count). The highest BCUT2D eigenvalue weighted by Gasteiger charge is 2.65. The molecule has 1 aromatic heterocycles. The summed E-state index contributed by atoms with van der Waals surface area (Å²) in [5.74, 6) is -0.631. The number of aliphatic hydroxyl groups is 2. The van der Waals surface area contributed by atoms with E-state index in [-0.39, 0.29) is 30.3 Å². The Balaban J connectivity index is 1.30. The van der Waals surface area contributed by atoms with Gasteiger partial charge in [0.05, 0.1) is 29.6 Å². The largest absolute Gasteiger partial charge is 0.396 e. The molecule has 43 heavy (non-hydrogen) atoms. The van der Waals surface area contributed by atoms with Gasteiger partial charge in [-0.25, -0.2) is 0 Å². The number of ether oxygens (including phenoxy) is 1. The lowest BCUT2D eigenvalue weighted by Gasteiger charge is -2.34. The Bertz CT molecular complexity index is 1500. The van der Waals surface area contributed by atoms with Crippen molar-refractivity contribution in [3.05, 3.63) is 71.5 Å². The van der Waals surface area contributed by atoms with Gasteiger partial charge in [0.1, 0.15) is 0 Å². The number of nitrogens with zero attached hydrogens (tertiary/aromatic N) is 5. The minimum absolute atomic E-state index is 0.00390. The molecule has 0 aliphatic carbocycles. The van der Waals surface area contributed by atoms with E-state index in [1.807, 2.05) is 66.6 Å². The van der Waals surface area contributed by atoms with E-state index < -0.39 is 17.3 Å². The molecule has 4 atom stereocenters. The van der Waals surface area contributed by atoms with Crippen LogP contribution >= 0.6 is 0 Å². The summed E-state index contributed by atoms with van der Waals surface area (Å²) in [6.07, 6.45) is 4.83. The number of piperidine rings is 1. The first-order valence-corrected chi connectivity index (χ1v) is 15.3. The number of rotatable bonds is 9. The number of fused-ring (bicyclic) bond motifs is 2. The first kappa shape index (κ1) is 29.5. The zero-order chi connectivity index (χ0) is 30.4. The van der Waals surface area contributed by atoms with Crippen LogP contribution in [0.15, 0.2) is 54.7 Å². The maximum atomic E-state index is 14.6. The molecule has 10 nitrogen and oxygen atoms in total. The summed E-state index contributed by atoms with van der Waals surface area (Å²) in [7, 11) is 0. The van der Waals surface area contributed by atoms with Gasteiger partial charge < -0.3 is 24.7 Å². The van der Waals surface area contributed by atoms with Gasteiger partial charge in [-0.3, -0.25) is 14.3 Å². The van der Waals surface area contributed by atoms with E-state index in [1.54, 1.807) is 23.4 Å². The monoisotopic (exact) mass is 587 g/mol. The van der Waals surface area contributed by atoms with E-state index in [0.717, 1.165) is 35.3 Å². The van der Waals surface area contributed by atoms with Crippen LogP contribution in [0, 0.1) is 11.8 Å². The van der Waals surface area contributed by atoms with E-state index in [1.165, 1.54) is 0 Å². The zero-order valence-corrected chi connectivity index (χ0v) is 25.1. The third-order valence-corrected chi connectivity index (χ3v) is 9.37. The van der Waals surface area contributed by atoms with Crippen molar-refractivity contribution in [1.82, 2.24) is 15.0 Å². The number of benzene rings is 2. The molecule has 1 spiro atoms. The fourth-order valence-corrected chi connectivity index (χ4v) is 7.48. The summed E-state index contributed by atoms with van der Waals surface area (Å²) >= 11 is 0. The van der Waals surface area contributed by atoms with Gasteiger partial charge in [-0.05, 0) is 56.9 Å². The van der Waals surface area contributed by atoms with Gasteiger partial charge in [-0.2, -0.15) is 0 Å². The number of aryl methyl sites for hydroxylation is 1. The van der Waals surface area contributed by atoms with Crippen molar-refractivity contribution in [1.29, 1.82) is 0 Å². The molecule has 2 aromatic carbocycles. The van der Waals surface area contributed by atoms with Gasteiger partial charge in [-0.1, -0.05) is 42.5 Å². The molecule has 4 heterocycles. The SMILES string of the molecule is C[C@H]1[C@H](C(C)(C)O)[C@@H](CCn2cc(CCO)nn2)O[C@]12C(=O)N(Cc1cccc(N3CCCCC3=O)c1)c1ccccc12. The number of hydrogen-bond donors (Lipinski definition) is 2. The summed E-state index contributed by atoms with van der Waals surface area (Å²) in [5.41, 5.74) is 1.79. The standard InChI is InChI=1S/C33H41N5O5/c1-22-30(32(2,3)42)28(14-17-36-21-24(15-18-39)34-35-36)43-33(22)26-11-4-5-12-27(26)38(31(33)41)20-23-9-8-10-25(19-23)37-16-7-6-13-29(37)40/h4-5,8-12,19,21-22,28,30,39,42H,6-7,13-18,20H2,1-3H3/t22-,28+,30-,33+/m0/s1. The molecular formula is C33H41N5O5. The van der Waals surface area contributed by atoms with Crippen LogP contribution in [-0.4, -0.2) is 61.9 Å². The Hall–Kier alpha value is -3.60. The van der Waals surface area contributed by atoms with E-state index in [4.69, 9.17) is 4.74 Å². The molecule has 2 N–H and O–H groups in total. The van der Waals surface area contributed by atoms with Gasteiger partial charge in [0.25, 0.3) is 5.91 Å². The van der Waals surface area contributed by atoms with Crippen molar-refractivity contribution in [2.45, 2.75) is 83.3 Å². The second kappa shape index (κ2) is 11.5. The predicted molar refractivity (Wildman–Crippen MR) is 161 cm³/mol. The van der Waals surface area contributed by atoms with Gasteiger partial charge in [0.15, 0.2) is 5.60 Å². The van der Waals surface area contributed by atoms with Crippen LogP contribution in [0.1, 0.15) is 63.3 Å². The first-order valence-electron chi connectivity index (χ1n) is 15.3. The Morgan fingerprint density at radius 1 is 1.12 bits per heavy atom. The lowest BCUT2D eigenvalue weighted by atomic mass is 9.71. The number of para-hydroxylation sites is 1. The molecule has 10 heteroatoms. The van der Waals surface area contributed by atoms with Crippen LogP contribution in [0.5, 0.6) is 0 Å². The van der Waals surface area contributed by atoms with Crippen molar-refractivity contribution in [2.75, 3.05) is 23.0 Å². The van der Waals surface area contributed by atoms with Crippen LogP contribution in [0.2, 0.25) is 0 Å². The number of aromatic nitrogens is 3. The van der Waals surface area contributed by atoms with Crippen LogP contribution in [0.25, 0.3) is 0 Å². The normalized spacial score (nSPS) is 25.7. The van der Waals surface area contributed by atoms with E-state index in [0.29, 0.717) is 44.6 Å². The molecule has 2 amide bonds. The molecule has 3 aliphatic rings. The average molecular weight is 588 g/mol. The van der Waals surface area contributed by atoms with Crippen molar-refractivity contribution >= 4 is 23.2 Å². The summed E-state index contributed by atoms with van der Waals surface area (Å²) in [6, 6.07) is 15.7. The average Bonchev–Trinajstić information content (AvgIpc) is 3.63. The van der Waals surface area contributed by atoms with Crippen molar-refractivity contribution in [2.24, 2.45) is 11.8 Å². The van der Waals surface area contributed by atoms with Gasteiger partial charge in [-0.15, -0.1) is 5.10 Å². The van der Waals surface area contributed by atoms with E-state index in [2.05, 4.69) is 10.3 Å². The number of aliphatic hydroxyl groups excluding tert-OH is 1. The van der Waals surface area contributed by atoms with Crippen molar-refractivity contribution in [3.8, 4) is 0 Å². The third-order valence-electron chi connectivity index (χ3n) is 9.37. The molecular weight excluding hydrogens is 546 g/mol. The second-order valence-corrected chi connectivity index (χ2v) is 12.7. The predicted octanol–water partition coefficient (Wildman–Crippen LogP) is 3.58. The quantitative estimate of drug-likeness (QED) is 0.393. The van der Waals surface area contributed by atoms with Gasteiger partial charge >= 0.3 is 0 Å². The van der Waals surface area contributed by atoms with Crippen LogP contribution in [-0.2, 0) is 39.4 Å². The Morgan fingerprint density at radius 3 is 2.70 bits per heavy atom. The van der Waals surface area contributed by atoms with Crippen LogP contribution < -0.4 is 9.80 Å². The molecule has 228 valence electrons. The second-order valence-electron chi connectivity index (χ2n) is 12.7. The lowest BCUT2D eigenvalue weighted by Crippen LogP contribution is -2.46. The highest BCUT2D eigenvalue weighted by atomic mass is 16.5. The summed E-state index contributed by atoms with van der Waals surface area (Å²) < 4.78 is 8.60. The molecule has 0 saturated carbocycles. The molecule has 2 saturated heterocycles. The van der Waals surface area contributed by atoms with Crippen LogP contribution in [0.3, 0.4) is 0 Å². The van der Waals surface area contributed by atoms with Crippen molar-refractivity contribution in [3.63, 3.8) is 0 Å². The zero-order valence-electron chi connectivity index (χ0n) is 25.1. The maximum absolute atomic E-state index is 14.6. The molecule has 0 bridgehead atoms. The van der Waals surface area contributed by atoms with Gasteiger partial charge in [0, 0.05) is 61.8 Å². The topological polar surface area (TPSA) is 121 Å². The maximum Gasteiger partial charge on any atom is 0.264 e. The number of carbonyl (C=O) groups excluding carboxylic acids is 2. The Morgan fingerprint density at radius 2 is 1.93 bits per heavy atom. The number of carbonyl (C=O) groups is 2. The minimum Gasteiger partial charge on any atom is -0.396 e. The van der Waals surface area contributed by atoms with Gasteiger partial charge in [0.2, 0.25) is 5.91 Å². The van der Waals surface area contributed by atoms with E-state index in [9.17, 15) is 19.8 Å². The number of hydrogen-bond acceptors (Lipinski definition) is 7. The van der Waals surface area contributed by atoms with E-state index >= 15 is 0 Å². The fourth-order valence-electron chi connectivity index (χ4n) is 7.48. The van der Waals surface area contributed by atoms with Crippen LogP contribution in [0.4, 0.5) is 11.4 Å². The Kier molecular flexibility index (Phi) is 7.87. The Labute approximate surface area is 252 Å². The molecule has 2 fully saturated rings. The molecule has 0 radical (unpaired) electrons. The number of anilines is 2. The molecule has 3 aromatic rings. The minimum atomic E-state index is -1.24. The van der Waals surface area contributed by atoms with Crippen molar-refractivity contribution < 1.29 is 24.5 Å². The third kappa shape index (κ3) is 5.25.